The first-order valence-electron chi connectivity index (χ1n) is 5.74. The van der Waals surface area contributed by atoms with E-state index in [1.807, 2.05) is 0 Å². The minimum absolute atomic E-state index is 0.105. The number of amides is 1. The van der Waals surface area contributed by atoms with Gasteiger partial charge in [0, 0.05) is 17.9 Å². The van der Waals surface area contributed by atoms with Crippen molar-refractivity contribution >= 4 is 27.5 Å². The highest BCUT2D eigenvalue weighted by atomic mass is 79.9. The molecule has 0 fully saturated rings. The van der Waals surface area contributed by atoms with Crippen LogP contribution in [0.25, 0.3) is 0 Å². The lowest BCUT2D eigenvalue weighted by Crippen LogP contribution is -2.28. The number of hydrogen-bond donors (Lipinski definition) is 1. The van der Waals surface area contributed by atoms with Gasteiger partial charge in [0.25, 0.3) is 11.6 Å². The number of carbonyl (C=O) groups is 1. The molecule has 0 aliphatic rings. The van der Waals surface area contributed by atoms with Crippen molar-refractivity contribution in [3.63, 3.8) is 0 Å². The van der Waals surface area contributed by atoms with Gasteiger partial charge in [-0.15, -0.1) is 0 Å². The zero-order chi connectivity index (χ0) is 14.3. The van der Waals surface area contributed by atoms with Gasteiger partial charge in [-0.25, -0.2) is 0 Å². The van der Waals surface area contributed by atoms with Gasteiger partial charge in [0.05, 0.1) is 18.1 Å². The fourth-order valence-corrected chi connectivity index (χ4v) is 1.81. The van der Waals surface area contributed by atoms with Gasteiger partial charge >= 0.3 is 0 Å². The summed E-state index contributed by atoms with van der Waals surface area (Å²) in [7, 11) is 0. The Labute approximate surface area is 119 Å². The van der Waals surface area contributed by atoms with Crippen molar-refractivity contribution in [2.24, 2.45) is 0 Å². The van der Waals surface area contributed by atoms with Crippen LogP contribution in [0.4, 0.5) is 5.69 Å². The number of hydrogen-bond acceptors (Lipinski definition) is 4. The Balaban J connectivity index is 2.68. The fraction of sp³-hybridized carbons (Fsp3) is 0.417. The molecule has 1 N–H and O–H groups in total. The molecule has 0 spiro atoms. The van der Waals surface area contributed by atoms with Crippen molar-refractivity contribution in [3.05, 3.63) is 39.4 Å². The Hall–Kier alpha value is -1.47. The summed E-state index contributed by atoms with van der Waals surface area (Å²) in [6.07, 6.45) is 0. The van der Waals surface area contributed by atoms with Gasteiger partial charge < -0.3 is 10.1 Å². The summed E-state index contributed by atoms with van der Waals surface area (Å²) >= 11 is 3.21. The summed E-state index contributed by atoms with van der Waals surface area (Å²) in [4.78, 5) is 22.3. The van der Waals surface area contributed by atoms with Crippen molar-refractivity contribution in [1.82, 2.24) is 5.32 Å². The van der Waals surface area contributed by atoms with E-state index in [0.717, 1.165) is 5.33 Å². The second kappa shape index (κ2) is 7.85. The third kappa shape index (κ3) is 4.60. The Morgan fingerprint density at radius 2 is 2.21 bits per heavy atom. The van der Waals surface area contributed by atoms with E-state index in [-0.39, 0.29) is 11.3 Å². The molecule has 0 unspecified atom stereocenters. The molecular formula is C12H15BrN2O4. The first kappa shape index (κ1) is 15.6. The highest BCUT2D eigenvalue weighted by Crippen LogP contribution is 2.21. The molecule has 19 heavy (non-hydrogen) atoms. The van der Waals surface area contributed by atoms with E-state index in [1.165, 1.54) is 6.07 Å². The lowest BCUT2D eigenvalue weighted by Gasteiger charge is -2.08. The van der Waals surface area contributed by atoms with Crippen molar-refractivity contribution in [2.45, 2.75) is 6.92 Å². The molecule has 0 bridgehead atoms. The average Bonchev–Trinajstić information content (AvgIpc) is 2.37. The smallest absolute Gasteiger partial charge is 0.282 e. The number of nitro benzene ring substituents is 1. The van der Waals surface area contributed by atoms with Gasteiger partial charge in [0.1, 0.15) is 5.56 Å². The number of nitro groups is 1. The molecule has 0 saturated carbocycles. The second-order valence-corrected chi connectivity index (χ2v) is 4.58. The SMILES string of the molecule is Cc1cccc([N+](=O)[O-])c1C(=O)NCCOCCBr. The second-order valence-electron chi connectivity index (χ2n) is 3.78. The number of benzene rings is 1. The summed E-state index contributed by atoms with van der Waals surface area (Å²) < 4.78 is 5.18. The summed E-state index contributed by atoms with van der Waals surface area (Å²) in [5.74, 6) is -0.452. The maximum Gasteiger partial charge on any atom is 0.282 e. The quantitative estimate of drug-likeness (QED) is 0.359. The number of alkyl halides is 1. The number of rotatable bonds is 7. The van der Waals surface area contributed by atoms with Gasteiger partial charge in [-0.2, -0.15) is 0 Å². The van der Waals surface area contributed by atoms with Gasteiger partial charge in [-0.05, 0) is 12.5 Å². The summed E-state index contributed by atoms with van der Waals surface area (Å²) in [6, 6.07) is 4.55. The standard InChI is InChI=1S/C12H15BrN2O4/c1-9-3-2-4-10(15(17)18)11(9)12(16)14-6-8-19-7-5-13/h2-4H,5-8H2,1H3,(H,14,16). The first-order chi connectivity index (χ1) is 9.07. The maximum atomic E-state index is 11.9. The van der Waals surface area contributed by atoms with E-state index in [0.29, 0.717) is 25.3 Å². The highest BCUT2D eigenvalue weighted by molar-refractivity contribution is 9.09. The molecule has 1 amide bonds. The molecule has 1 aromatic rings. The van der Waals surface area contributed by atoms with E-state index in [9.17, 15) is 14.9 Å². The molecule has 104 valence electrons. The molecule has 6 nitrogen and oxygen atoms in total. The first-order valence-corrected chi connectivity index (χ1v) is 6.86. The summed E-state index contributed by atoms with van der Waals surface area (Å²) in [6.45, 7) is 2.91. The predicted molar refractivity (Wildman–Crippen MR) is 74.8 cm³/mol. The number of ether oxygens (including phenoxy) is 1. The maximum absolute atomic E-state index is 11.9. The van der Waals surface area contributed by atoms with Gasteiger partial charge in [0.15, 0.2) is 0 Å². The topological polar surface area (TPSA) is 81.5 Å². The van der Waals surface area contributed by atoms with Gasteiger partial charge in [-0.3, -0.25) is 14.9 Å². The number of nitrogens with one attached hydrogen (secondary N) is 1. The van der Waals surface area contributed by atoms with E-state index < -0.39 is 10.8 Å². The summed E-state index contributed by atoms with van der Waals surface area (Å²) in [5, 5.41) is 14.2. The van der Waals surface area contributed by atoms with Crippen molar-refractivity contribution in [2.75, 3.05) is 25.1 Å². The number of aryl methyl sites for hydroxylation is 1. The van der Waals surface area contributed by atoms with Gasteiger partial charge in [-0.1, -0.05) is 28.1 Å². The Bertz CT molecular complexity index is 465. The summed E-state index contributed by atoms with van der Waals surface area (Å²) in [5.41, 5.74) is 0.500. The molecule has 0 saturated heterocycles. The highest BCUT2D eigenvalue weighted by Gasteiger charge is 2.21. The average molecular weight is 331 g/mol. The van der Waals surface area contributed by atoms with Crippen LogP contribution >= 0.6 is 15.9 Å². The molecule has 0 aromatic heterocycles. The third-order valence-electron chi connectivity index (χ3n) is 2.43. The zero-order valence-electron chi connectivity index (χ0n) is 10.5. The van der Waals surface area contributed by atoms with Crippen LogP contribution in [0.3, 0.4) is 0 Å². The van der Waals surface area contributed by atoms with Crippen molar-refractivity contribution < 1.29 is 14.5 Å². The molecule has 0 aliphatic carbocycles. The number of carbonyl (C=O) groups excluding carboxylic acids is 1. The Morgan fingerprint density at radius 3 is 2.84 bits per heavy atom. The molecule has 0 heterocycles. The van der Waals surface area contributed by atoms with E-state index in [4.69, 9.17) is 4.74 Å². The van der Waals surface area contributed by atoms with Crippen LogP contribution in [0.5, 0.6) is 0 Å². The van der Waals surface area contributed by atoms with E-state index >= 15 is 0 Å². The molecule has 0 radical (unpaired) electrons. The largest absolute Gasteiger partial charge is 0.379 e. The van der Waals surface area contributed by atoms with Crippen LogP contribution in [0.15, 0.2) is 18.2 Å². The molecule has 1 aromatic carbocycles. The molecular weight excluding hydrogens is 316 g/mol. The van der Waals surface area contributed by atoms with Crippen molar-refractivity contribution in [3.8, 4) is 0 Å². The number of nitrogens with zero attached hydrogens (tertiary/aromatic N) is 1. The Morgan fingerprint density at radius 1 is 1.47 bits per heavy atom. The molecule has 0 atom stereocenters. The lowest BCUT2D eigenvalue weighted by molar-refractivity contribution is -0.385. The van der Waals surface area contributed by atoms with Crippen LogP contribution < -0.4 is 5.32 Å². The minimum Gasteiger partial charge on any atom is -0.379 e. The third-order valence-corrected chi connectivity index (χ3v) is 2.75. The molecule has 1 rings (SSSR count). The van der Waals surface area contributed by atoms with Crippen molar-refractivity contribution in [1.29, 1.82) is 0 Å². The van der Waals surface area contributed by atoms with Crippen LogP contribution in [-0.2, 0) is 4.74 Å². The zero-order valence-corrected chi connectivity index (χ0v) is 12.1. The van der Waals surface area contributed by atoms with Gasteiger partial charge in [0.2, 0.25) is 0 Å². The fourth-order valence-electron chi connectivity index (χ4n) is 1.58. The predicted octanol–water partition coefficient (Wildman–Crippen LogP) is 2.04. The Kier molecular flexibility index (Phi) is 6.44. The monoisotopic (exact) mass is 330 g/mol. The van der Waals surface area contributed by atoms with Crippen LogP contribution in [0.1, 0.15) is 15.9 Å². The van der Waals surface area contributed by atoms with E-state index in [2.05, 4.69) is 21.2 Å². The minimum atomic E-state index is -0.552. The lowest BCUT2D eigenvalue weighted by atomic mass is 10.1. The number of halogens is 1. The normalized spacial score (nSPS) is 10.2. The molecule has 0 aliphatic heterocycles. The van der Waals surface area contributed by atoms with Crippen LogP contribution in [0, 0.1) is 17.0 Å². The van der Waals surface area contributed by atoms with Crippen LogP contribution in [-0.4, -0.2) is 35.9 Å². The van der Waals surface area contributed by atoms with E-state index in [1.54, 1.807) is 19.1 Å². The molecule has 7 heteroatoms. The van der Waals surface area contributed by atoms with Crippen LogP contribution in [0.2, 0.25) is 0 Å².